The molecule has 166 valence electrons. The number of halogens is 2. The second-order valence-corrected chi connectivity index (χ2v) is 7.53. The van der Waals surface area contributed by atoms with Gasteiger partial charge in [-0.05, 0) is 36.6 Å². The number of alkyl halides is 2. The molecule has 31 heavy (non-hydrogen) atoms. The van der Waals surface area contributed by atoms with Gasteiger partial charge < -0.3 is 19.9 Å². The molecule has 0 aliphatic carbocycles. The average Bonchev–Trinajstić information content (AvgIpc) is 2.76. The van der Waals surface area contributed by atoms with Crippen molar-refractivity contribution >= 4 is 11.9 Å². The molecule has 1 fully saturated rings. The Morgan fingerprint density at radius 2 is 1.52 bits per heavy atom. The number of rotatable bonds is 7. The van der Waals surface area contributed by atoms with Gasteiger partial charge in [0.15, 0.2) is 0 Å². The summed E-state index contributed by atoms with van der Waals surface area (Å²) in [7, 11) is 0. The van der Waals surface area contributed by atoms with Crippen LogP contribution in [0.15, 0.2) is 48.5 Å². The number of hydrogen-bond acceptors (Lipinski definition) is 3. The van der Waals surface area contributed by atoms with Gasteiger partial charge in [-0.2, -0.15) is 8.78 Å². The summed E-state index contributed by atoms with van der Waals surface area (Å²) in [5, 5.41) is 2.87. The molecule has 2 aromatic carbocycles. The molecule has 1 N–H and O–H groups in total. The Morgan fingerprint density at radius 1 is 0.935 bits per heavy atom. The van der Waals surface area contributed by atoms with E-state index in [4.69, 9.17) is 0 Å². The summed E-state index contributed by atoms with van der Waals surface area (Å²) in [6.45, 7) is 1.62. The van der Waals surface area contributed by atoms with Gasteiger partial charge in [0.25, 0.3) is 0 Å². The van der Waals surface area contributed by atoms with Crippen molar-refractivity contribution in [2.45, 2.75) is 26.4 Å². The van der Waals surface area contributed by atoms with E-state index in [0.717, 1.165) is 16.7 Å². The third kappa shape index (κ3) is 6.94. The largest absolute Gasteiger partial charge is 0.435 e. The van der Waals surface area contributed by atoms with E-state index in [1.54, 1.807) is 21.9 Å². The van der Waals surface area contributed by atoms with Gasteiger partial charge >= 0.3 is 12.6 Å². The number of urea groups is 1. The van der Waals surface area contributed by atoms with Crippen molar-refractivity contribution in [3.05, 3.63) is 65.2 Å². The highest BCUT2D eigenvalue weighted by Gasteiger charge is 2.23. The Bertz CT molecular complexity index is 865. The number of carbonyl (C=O) groups excluding carboxylic acids is 2. The molecular weight excluding hydrogens is 404 g/mol. The van der Waals surface area contributed by atoms with E-state index < -0.39 is 6.61 Å². The summed E-state index contributed by atoms with van der Waals surface area (Å²) in [5.74, 6) is 0.181. The van der Waals surface area contributed by atoms with Gasteiger partial charge in [-0.1, -0.05) is 42.0 Å². The first-order valence-corrected chi connectivity index (χ1v) is 10.3. The number of carbonyl (C=O) groups is 2. The van der Waals surface area contributed by atoms with Crippen molar-refractivity contribution in [3.8, 4) is 5.75 Å². The third-order valence-corrected chi connectivity index (χ3v) is 5.23. The van der Waals surface area contributed by atoms with Crippen molar-refractivity contribution in [1.29, 1.82) is 0 Å². The summed E-state index contributed by atoms with van der Waals surface area (Å²) >= 11 is 0. The monoisotopic (exact) mass is 431 g/mol. The molecule has 6 nitrogen and oxygen atoms in total. The smallest absolute Gasteiger partial charge is 0.387 e. The lowest BCUT2D eigenvalue weighted by Gasteiger charge is -2.34. The molecule has 8 heteroatoms. The van der Waals surface area contributed by atoms with Crippen molar-refractivity contribution in [2.24, 2.45) is 0 Å². The fourth-order valence-electron chi connectivity index (χ4n) is 3.41. The summed E-state index contributed by atoms with van der Waals surface area (Å²) in [6.07, 6.45) is 0.948. The number of amides is 3. The van der Waals surface area contributed by atoms with Crippen LogP contribution in [-0.2, 0) is 17.6 Å². The van der Waals surface area contributed by atoms with E-state index in [0.29, 0.717) is 45.6 Å². The van der Waals surface area contributed by atoms with Gasteiger partial charge in [-0.25, -0.2) is 4.79 Å². The normalized spacial score (nSPS) is 13.9. The standard InChI is InChI=1S/C23H27F2N3O3/c1-17-2-4-19(5-3-17)16-21(29)27-12-14-28(15-13-27)23(30)26-11-10-18-6-8-20(9-7-18)31-22(24)25/h2-9,22H,10-16H2,1H3,(H,26,30). The molecule has 0 aromatic heterocycles. The van der Waals surface area contributed by atoms with Crippen LogP contribution in [0.5, 0.6) is 5.75 Å². The summed E-state index contributed by atoms with van der Waals surface area (Å²) < 4.78 is 28.7. The number of aryl methyl sites for hydroxylation is 1. The van der Waals surface area contributed by atoms with E-state index in [1.807, 2.05) is 31.2 Å². The van der Waals surface area contributed by atoms with Crippen LogP contribution >= 0.6 is 0 Å². The van der Waals surface area contributed by atoms with Crippen molar-refractivity contribution < 1.29 is 23.1 Å². The molecule has 2 aromatic rings. The molecule has 1 heterocycles. The third-order valence-electron chi connectivity index (χ3n) is 5.23. The van der Waals surface area contributed by atoms with Crippen molar-refractivity contribution in [1.82, 2.24) is 15.1 Å². The van der Waals surface area contributed by atoms with Crippen LogP contribution in [0.25, 0.3) is 0 Å². The average molecular weight is 431 g/mol. The number of hydrogen-bond donors (Lipinski definition) is 1. The molecule has 3 amide bonds. The van der Waals surface area contributed by atoms with Crippen molar-refractivity contribution in [2.75, 3.05) is 32.7 Å². The first kappa shape index (κ1) is 22.5. The molecule has 1 saturated heterocycles. The van der Waals surface area contributed by atoms with Gasteiger partial charge in [0.1, 0.15) is 5.75 Å². The van der Waals surface area contributed by atoms with E-state index in [1.165, 1.54) is 12.1 Å². The van der Waals surface area contributed by atoms with E-state index in [-0.39, 0.29) is 17.7 Å². The maximum Gasteiger partial charge on any atom is 0.387 e. The lowest BCUT2D eigenvalue weighted by atomic mass is 10.1. The number of nitrogens with one attached hydrogen (secondary N) is 1. The van der Waals surface area contributed by atoms with Crippen LogP contribution in [0.2, 0.25) is 0 Å². The molecular formula is C23H27F2N3O3. The lowest BCUT2D eigenvalue weighted by molar-refractivity contribution is -0.131. The second kappa shape index (κ2) is 10.7. The lowest BCUT2D eigenvalue weighted by Crippen LogP contribution is -2.53. The van der Waals surface area contributed by atoms with Crippen LogP contribution in [0.3, 0.4) is 0 Å². The molecule has 0 atom stereocenters. The highest BCUT2D eigenvalue weighted by Crippen LogP contribution is 2.15. The van der Waals surface area contributed by atoms with Gasteiger partial charge in [0, 0.05) is 32.7 Å². The minimum absolute atomic E-state index is 0.0724. The van der Waals surface area contributed by atoms with E-state index >= 15 is 0 Å². The molecule has 1 aliphatic rings. The van der Waals surface area contributed by atoms with E-state index in [9.17, 15) is 18.4 Å². The Kier molecular flexibility index (Phi) is 7.81. The van der Waals surface area contributed by atoms with Crippen LogP contribution < -0.4 is 10.1 Å². The zero-order chi connectivity index (χ0) is 22.2. The molecule has 0 spiro atoms. The van der Waals surface area contributed by atoms with Crippen LogP contribution in [-0.4, -0.2) is 61.1 Å². The van der Waals surface area contributed by atoms with Crippen LogP contribution in [0.1, 0.15) is 16.7 Å². The Labute approximate surface area is 180 Å². The summed E-state index contributed by atoms with van der Waals surface area (Å²) in [6, 6.07) is 14.1. The zero-order valence-corrected chi connectivity index (χ0v) is 17.5. The molecule has 0 bridgehead atoms. The van der Waals surface area contributed by atoms with Gasteiger partial charge in [0.2, 0.25) is 5.91 Å². The number of piperazine rings is 1. The van der Waals surface area contributed by atoms with E-state index in [2.05, 4.69) is 10.1 Å². The first-order valence-electron chi connectivity index (χ1n) is 10.3. The number of ether oxygens (including phenoxy) is 1. The van der Waals surface area contributed by atoms with Gasteiger partial charge in [0.05, 0.1) is 6.42 Å². The number of nitrogens with zero attached hydrogens (tertiary/aromatic N) is 2. The molecule has 0 saturated carbocycles. The zero-order valence-electron chi connectivity index (χ0n) is 17.5. The fourth-order valence-corrected chi connectivity index (χ4v) is 3.41. The maximum atomic E-state index is 12.5. The molecule has 3 rings (SSSR count). The SMILES string of the molecule is Cc1ccc(CC(=O)N2CCN(C(=O)NCCc3ccc(OC(F)F)cc3)CC2)cc1. The summed E-state index contributed by atoms with van der Waals surface area (Å²) in [5.41, 5.74) is 3.06. The molecule has 0 radical (unpaired) electrons. The quantitative estimate of drug-likeness (QED) is 0.732. The maximum absolute atomic E-state index is 12.5. The van der Waals surface area contributed by atoms with Crippen LogP contribution in [0.4, 0.5) is 13.6 Å². The molecule has 0 unspecified atom stereocenters. The minimum atomic E-state index is -2.84. The highest BCUT2D eigenvalue weighted by molar-refractivity contribution is 5.79. The Balaban J connectivity index is 1.37. The van der Waals surface area contributed by atoms with Crippen LogP contribution in [0, 0.1) is 6.92 Å². The summed E-state index contributed by atoms with van der Waals surface area (Å²) in [4.78, 5) is 28.4. The number of benzene rings is 2. The molecule has 1 aliphatic heterocycles. The highest BCUT2D eigenvalue weighted by atomic mass is 19.3. The Morgan fingerprint density at radius 3 is 2.13 bits per heavy atom. The van der Waals surface area contributed by atoms with Gasteiger partial charge in [-0.15, -0.1) is 0 Å². The minimum Gasteiger partial charge on any atom is -0.435 e. The fraction of sp³-hybridized carbons (Fsp3) is 0.391. The first-order chi connectivity index (χ1) is 14.9. The van der Waals surface area contributed by atoms with Gasteiger partial charge in [-0.3, -0.25) is 4.79 Å². The Hall–Kier alpha value is -3.16. The topological polar surface area (TPSA) is 61.9 Å². The second-order valence-electron chi connectivity index (χ2n) is 7.53. The predicted octanol–water partition coefficient (Wildman–Crippen LogP) is 3.24. The predicted molar refractivity (Wildman–Crippen MR) is 113 cm³/mol. The van der Waals surface area contributed by atoms with Crippen molar-refractivity contribution in [3.63, 3.8) is 0 Å².